The largest absolute Gasteiger partial charge is 0.480 e. The third-order valence-electron chi connectivity index (χ3n) is 2.70. The Morgan fingerprint density at radius 3 is 2.60 bits per heavy atom. The Morgan fingerprint density at radius 1 is 1.30 bits per heavy atom. The summed E-state index contributed by atoms with van der Waals surface area (Å²) in [6, 6.07) is 8.37. The molecule has 0 aromatic heterocycles. The molecule has 0 aliphatic rings. The maximum absolute atomic E-state index is 11.7. The molecule has 1 aromatic carbocycles. The Kier molecular flexibility index (Phi) is 7.13. The van der Waals surface area contributed by atoms with Gasteiger partial charge in [-0.1, -0.05) is 18.2 Å². The lowest BCUT2D eigenvalue weighted by molar-refractivity contribution is -0.141. The summed E-state index contributed by atoms with van der Waals surface area (Å²) < 4.78 is 4.86. The van der Waals surface area contributed by atoms with E-state index in [-0.39, 0.29) is 12.5 Å². The Bertz CT molecular complexity index is 422. The van der Waals surface area contributed by atoms with E-state index in [0.717, 1.165) is 5.69 Å². The van der Waals surface area contributed by atoms with Crippen molar-refractivity contribution in [3.05, 3.63) is 30.3 Å². The second kappa shape index (κ2) is 8.92. The summed E-state index contributed by atoms with van der Waals surface area (Å²) in [7, 11) is 1.55. The standard InChI is InChI=1S/C14H20N2O4/c1-20-9-5-8-12(14(18)19)16-13(17)10-15-11-6-3-2-4-7-11/h2-4,6-7,12,15H,5,8-10H2,1H3,(H,16,17)(H,18,19). The van der Waals surface area contributed by atoms with E-state index in [2.05, 4.69) is 10.6 Å². The number of nitrogens with one attached hydrogen (secondary N) is 2. The molecule has 0 saturated carbocycles. The van der Waals surface area contributed by atoms with Crippen LogP contribution in [-0.4, -0.2) is 43.3 Å². The molecule has 0 radical (unpaired) electrons. The number of anilines is 1. The van der Waals surface area contributed by atoms with Crippen LogP contribution in [0.25, 0.3) is 0 Å². The second-order valence-electron chi connectivity index (χ2n) is 4.31. The maximum atomic E-state index is 11.7. The van der Waals surface area contributed by atoms with Gasteiger partial charge >= 0.3 is 5.97 Å². The fourth-order valence-electron chi connectivity index (χ4n) is 1.67. The topological polar surface area (TPSA) is 87.7 Å². The molecular weight excluding hydrogens is 260 g/mol. The van der Waals surface area contributed by atoms with E-state index >= 15 is 0 Å². The van der Waals surface area contributed by atoms with Crippen LogP contribution in [-0.2, 0) is 14.3 Å². The summed E-state index contributed by atoms with van der Waals surface area (Å²) in [4.78, 5) is 22.7. The second-order valence-corrected chi connectivity index (χ2v) is 4.31. The van der Waals surface area contributed by atoms with Gasteiger partial charge in [0.15, 0.2) is 0 Å². The molecule has 0 spiro atoms. The van der Waals surface area contributed by atoms with E-state index in [0.29, 0.717) is 19.4 Å². The van der Waals surface area contributed by atoms with Crippen molar-refractivity contribution in [1.82, 2.24) is 5.32 Å². The van der Waals surface area contributed by atoms with Gasteiger partial charge in [-0.2, -0.15) is 0 Å². The van der Waals surface area contributed by atoms with E-state index in [9.17, 15) is 9.59 Å². The van der Waals surface area contributed by atoms with Crippen LogP contribution in [0.5, 0.6) is 0 Å². The molecule has 1 amide bonds. The van der Waals surface area contributed by atoms with Gasteiger partial charge in [-0.05, 0) is 25.0 Å². The molecule has 1 rings (SSSR count). The van der Waals surface area contributed by atoms with E-state index in [1.54, 1.807) is 7.11 Å². The SMILES string of the molecule is COCCCC(NC(=O)CNc1ccccc1)C(=O)O. The van der Waals surface area contributed by atoms with Crippen LogP contribution in [0.4, 0.5) is 5.69 Å². The highest BCUT2D eigenvalue weighted by Gasteiger charge is 2.19. The lowest BCUT2D eigenvalue weighted by Gasteiger charge is -2.14. The third kappa shape index (κ3) is 6.19. The Labute approximate surface area is 118 Å². The minimum Gasteiger partial charge on any atom is -0.480 e. The van der Waals surface area contributed by atoms with Crippen molar-refractivity contribution in [3.8, 4) is 0 Å². The summed E-state index contributed by atoms with van der Waals surface area (Å²) in [5.41, 5.74) is 0.814. The lowest BCUT2D eigenvalue weighted by Crippen LogP contribution is -2.43. The fourth-order valence-corrected chi connectivity index (χ4v) is 1.67. The van der Waals surface area contributed by atoms with Crippen LogP contribution in [0, 0.1) is 0 Å². The Morgan fingerprint density at radius 2 is 2.00 bits per heavy atom. The molecule has 0 bridgehead atoms. The fraction of sp³-hybridized carbons (Fsp3) is 0.429. The zero-order valence-electron chi connectivity index (χ0n) is 11.5. The van der Waals surface area contributed by atoms with Gasteiger partial charge in [-0.3, -0.25) is 4.79 Å². The minimum absolute atomic E-state index is 0.0398. The van der Waals surface area contributed by atoms with Gasteiger partial charge in [-0.15, -0.1) is 0 Å². The van der Waals surface area contributed by atoms with Gasteiger partial charge in [-0.25, -0.2) is 4.79 Å². The molecule has 0 saturated heterocycles. The van der Waals surface area contributed by atoms with Crippen LogP contribution >= 0.6 is 0 Å². The number of hydrogen-bond acceptors (Lipinski definition) is 4. The van der Waals surface area contributed by atoms with E-state index in [1.807, 2.05) is 30.3 Å². The number of methoxy groups -OCH3 is 1. The third-order valence-corrected chi connectivity index (χ3v) is 2.70. The zero-order valence-corrected chi connectivity index (χ0v) is 11.5. The quantitative estimate of drug-likeness (QED) is 0.589. The molecular formula is C14H20N2O4. The molecule has 3 N–H and O–H groups in total. The summed E-state index contributed by atoms with van der Waals surface area (Å²) in [5.74, 6) is -1.38. The number of aliphatic carboxylic acids is 1. The highest BCUT2D eigenvalue weighted by molar-refractivity contribution is 5.86. The molecule has 6 heteroatoms. The van der Waals surface area contributed by atoms with Crippen LogP contribution in [0.1, 0.15) is 12.8 Å². The molecule has 0 heterocycles. The predicted octanol–water partition coefficient (Wildman–Crippen LogP) is 1.09. The van der Waals surface area contributed by atoms with E-state index in [1.165, 1.54) is 0 Å². The number of carboxylic acid groups (broad SMARTS) is 1. The van der Waals surface area contributed by atoms with Crippen molar-refractivity contribution in [2.24, 2.45) is 0 Å². The molecule has 1 aromatic rings. The van der Waals surface area contributed by atoms with Crippen LogP contribution in [0.15, 0.2) is 30.3 Å². The number of ether oxygens (including phenoxy) is 1. The smallest absolute Gasteiger partial charge is 0.326 e. The van der Waals surface area contributed by atoms with Crippen molar-refractivity contribution >= 4 is 17.6 Å². The number of carbonyl (C=O) groups excluding carboxylic acids is 1. The number of amides is 1. The number of hydrogen-bond donors (Lipinski definition) is 3. The molecule has 110 valence electrons. The number of carboxylic acids is 1. The van der Waals surface area contributed by atoms with Gasteiger partial charge in [0, 0.05) is 19.4 Å². The first-order valence-corrected chi connectivity index (χ1v) is 6.43. The highest BCUT2D eigenvalue weighted by atomic mass is 16.5. The normalized spacial score (nSPS) is 11.7. The summed E-state index contributed by atoms with van der Waals surface area (Å²) >= 11 is 0. The number of benzene rings is 1. The molecule has 0 aliphatic heterocycles. The van der Waals surface area contributed by atoms with Crippen molar-refractivity contribution in [3.63, 3.8) is 0 Å². The minimum atomic E-state index is -1.03. The predicted molar refractivity (Wildman–Crippen MR) is 75.6 cm³/mol. The first kappa shape index (κ1) is 16.0. The maximum Gasteiger partial charge on any atom is 0.326 e. The number of rotatable bonds is 9. The number of carbonyl (C=O) groups is 2. The number of para-hydroxylation sites is 1. The van der Waals surface area contributed by atoms with Crippen molar-refractivity contribution in [1.29, 1.82) is 0 Å². The van der Waals surface area contributed by atoms with E-state index < -0.39 is 12.0 Å². The first-order chi connectivity index (χ1) is 9.63. The summed E-state index contributed by atoms with van der Waals surface area (Å²) in [6.45, 7) is 0.514. The van der Waals surface area contributed by atoms with Crippen molar-refractivity contribution in [2.75, 3.05) is 25.6 Å². The zero-order chi connectivity index (χ0) is 14.8. The Balaban J connectivity index is 2.36. The van der Waals surface area contributed by atoms with Crippen LogP contribution in [0.2, 0.25) is 0 Å². The molecule has 1 atom stereocenters. The average molecular weight is 280 g/mol. The van der Waals surface area contributed by atoms with Crippen molar-refractivity contribution in [2.45, 2.75) is 18.9 Å². The van der Waals surface area contributed by atoms with Crippen LogP contribution < -0.4 is 10.6 Å². The monoisotopic (exact) mass is 280 g/mol. The summed E-state index contributed by atoms with van der Waals surface area (Å²) in [5, 5.41) is 14.4. The molecule has 1 unspecified atom stereocenters. The molecule has 6 nitrogen and oxygen atoms in total. The van der Waals surface area contributed by atoms with Gasteiger partial charge in [0.2, 0.25) is 5.91 Å². The molecule has 0 aliphatic carbocycles. The van der Waals surface area contributed by atoms with Gasteiger partial charge in [0.25, 0.3) is 0 Å². The van der Waals surface area contributed by atoms with Crippen molar-refractivity contribution < 1.29 is 19.4 Å². The summed E-state index contributed by atoms with van der Waals surface area (Å²) in [6.07, 6.45) is 0.931. The first-order valence-electron chi connectivity index (χ1n) is 6.43. The molecule has 0 fully saturated rings. The molecule has 20 heavy (non-hydrogen) atoms. The van der Waals surface area contributed by atoms with E-state index in [4.69, 9.17) is 9.84 Å². The van der Waals surface area contributed by atoms with Gasteiger partial charge in [0.1, 0.15) is 6.04 Å². The average Bonchev–Trinajstić information content (AvgIpc) is 2.45. The van der Waals surface area contributed by atoms with Gasteiger partial charge < -0.3 is 20.5 Å². The van der Waals surface area contributed by atoms with Crippen LogP contribution in [0.3, 0.4) is 0 Å². The Hall–Kier alpha value is -2.08. The van der Waals surface area contributed by atoms with Gasteiger partial charge in [0.05, 0.1) is 6.54 Å². The lowest BCUT2D eigenvalue weighted by atomic mass is 10.1. The highest BCUT2D eigenvalue weighted by Crippen LogP contribution is 2.04.